The van der Waals surface area contributed by atoms with E-state index in [0.29, 0.717) is 36.7 Å². The Balaban J connectivity index is 1.83. The highest BCUT2D eigenvalue weighted by atomic mass is 32.1. The van der Waals surface area contributed by atoms with Crippen LogP contribution in [0.25, 0.3) is 0 Å². The zero-order valence-electron chi connectivity index (χ0n) is 20.2. The summed E-state index contributed by atoms with van der Waals surface area (Å²) < 4.78 is 10.7. The standard InChI is InChI=1S/C27H32N2O4S/c1-5-15-28(27(31)24-14-12-22(32-3)16-25(24)33-4)19-26(30)29(17-21-9-7-6-8-10-21)18-23-13-11-20(2)34-23/h6-14,16H,5,15,17-19H2,1-4H3. The quantitative estimate of drug-likeness (QED) is 0.381. The van der Waals surface area contributed by atoms with Crippen LogP contribution in [0.1, 0.15) is 39.0 Å². The molecule has 0 bridgehead atoms. The Hall–Kier alpha value is -3.32. The number of aryl methyl sites for hydroxylation is 1. The molecule has 180 valence electrons. The number of hydrogen-bond donors (Lipinski definition) is 0. The Morgan fingerprint density at radius 2 is 1.68 bits per heavy atom. The summed E-state index contributed by atoms with van der Waals surface area (Å²) in [4.78, 5) is 32.7. The predicted octanol–water partition coefficient (Wildman–Crippen LogP) is 5.15. The molecule has 0 atom stereocenters. The third kappa shape index (κ3) is 6.60. The topological polar surface area (TPSA) is 59.1 Å². The Morgan fingerprint density at radius 3 is 2.29 bits per heavy atom. The predicted molar refractivity (Wildman–Crippen MR) is 135 cm³/mol. The number of methoxy groups -OCH3 is 2. The number of carbonyl (C=O) groups excluding carboxylic acids is 2. The van der Waals surface area contributed by atoms with E-state index in [1.165, 1.54) is 12.0 Å². The molecule has 6 nitrogen and oxygen atoms in total. The fourth-order valence-electron chi connectivity index (χ4n) is 3.73. The number of benzene rings is 2. The van der Waals surface area contributed by atoms with Gasteiger partial charge in [-0.15, -0.1) is 11.3 Å². The maximum atomic E-state index is 13.5. The van der Waals surface area contributed by atoms with Crippen LogP contribution in [-0.4, -0.2) is 48.9 Å². The Labute approximate surface area is 205 Å². The molecule has 0 spiro atoms. The molecule has 0 N–H and O–H groups in total. The minimum Gasteiger partial charge on any atom is -0.497 e. The van der Waals surface area contributed by atoms with Crippen LogP contribution in [0.3, 0.4) is 0 Å². The Bertz CT molecular complexity index is 1100. The van der Waals surface area contributed by atoms with Crippen LogP contribution in [-0.2, 0) is 17.9 Å². The van der Waals surface area contributed by atoms with Crippen molar-refractivity contribution in [2.75, 3.05) is 27.3 Å². The van der Waals surface area contributed by atoms with Crippen LogP contribution in [0, 0.1) is 6.92 Å². The molecule has 0 fully saturated rings. The Morgan fingerprint density at radius 1 is 0.912 bits per heavy atom. The lowest BCUT2D eigenvalue weighted by atomic mass is 10.1. The molecule has 0 saturated carbocycles. The summed E-state index contributed by atoms with van der Waals surface area (Å²) in [5.74, 6) is 0.699. The van der Waals surface area contributed by atoms with Gasteiger partial charge < -0.3 is 19.3 Å². The zero-order valence-corrected chi connectivity index (χ0v) is 21.1. The number of amides is 2. The molecule has 7 heteroatoms. The SMILES string of the molecule is CCCN(CC(=O)N(Cc1ccccc1)Cc1ccc(C)s1)C(=O)c1ccc(OC)cc1OC. The maximum absolute atomic E-state index is 13.5. The second-order valence-electron chi connectivity index (χ2n) is 8.04. The highest BCUT2D eigenvalue weighted by Gasteiger charge is 2.25. The van der Waals surface area contributed by atoms with Crippen LogP contribution in [0.4, 0.5) is 0 Å². The van der Waals surface area contributed by atoms with Gasteiger partial charge in [0.05, 0.1) is 26.3 Å². The first-order valence-electron chi connectivity index (χ1n) is 11.3. The van der Waals surface area contributed by atoms with Crippen LogP contribution in [0.15, 0.2) is 60.7 Å². The first-order chi connectivity index (χ1) is 16.4. The molecule has 0 aliphatic heterocycles. The summed E-state index contributed by atoms with van der Waals surface area (Å²) in [6.07, 6.45) is 0.736. The molecule has 1 aromatic heterocycles. The van der Waals surface area contributed by atoms with Crippen molar-refractivity contribution in [3.8, 4) is 11.5 Å². The van der Waals surface area contributed by atoms with Crippen LogP contribution in [0.5, 0.6) is 11.5 Å². The van der Waals surface area contributed by atoms with Crippen molar-refractivity contribution in [1.29, 1.82) is 0 Å². The average Bonchev–Trinajstić information content (AvgIpc) is 3.27. The number of thiophene rings is 1. The molecule has 0 saturated heterocycles. The van der Waals surface area contributed by atoms with Gasteiger partial charge in [-0.3, -0.25) is 9.59 Å². The first-order valence-corrected chi connectivity index (χ1v) is 12.1. The lowest BCUT2D eigenvalue weighted by Gasteiger charge is -2.28. The van der Waals surface area contributed by atoms with Crippen LogP contribution < -0.4 is 9.47 Å². The molecular formula is C27H32N2O4S. The molecule has 0 unspecified atom stereocenters. The normalized spacial score (nSPS) is 10.6. The van der Waals surface area contributed by atoms with Gasteiger partial charge in [-0.1, -0.05) is 37.3 Å². The van der Waals surface area contributed by atoms with E-state index in [-0.39, 0.29) is 18.4 Å². The Kier molecular flexibility index (Phi) is 9.10. The highest BCUT2D eigenvalue weighted by molar-refractivity contribution is 7.11. The van der Waals surface area contributed by atoms with Crippen molar-refractivity contribution in [2.45, 2.75) is 33.4 Å². The fourth-order valence-corrected chi connectivity index (χ4v) is 4.63. The van der Waals surface area contributed by atoms with Crippen molar-refractivity contribution >= 4 is 23.2 Å². The van der Waals surface area contributed by atoms with E-state index in [1.54, 1.807) is 41.5 Å². The van der Waals surface area contributed by atoms with Gasteiger partial charge in [0.1, 0.15) is 18.0 Å². The van der Waals surface area contributed by atoms with Gasteiger partial charge in [-0.2, -0.15) is 0 Å². The summed E-state index contributed by atoms with van der Waals surface area (Å²) in [5, 5.41) is 0. The number of ether oxygens (including phenoxy) is 2. The smallest absolute Gasteiger partial charge is 0.258 e. The molecule has 3 aromatic rings. The van der Waals surface area contributed by atoms with E-state index >= 15 is 0 Å². The molecule has 2 aromatic carbocycles. The maximum Gasteiger partial charge on any atom is 0.258 e. The lowest BCUT2D eigenvalue weighted by Crippen LogP contribution is -2.42. The molecule has 0 radical (unpaired) electrons. The summed E-state index contributed by atoms with van der Waals surface area (Å²) in [7, 11) is 3.08. The van der Waals surface area contributed by atoms with Gasteiger partial charge in [0.2, 0.25) is 5.91 Å². The zero-order chi connectivity index (χ0) is 24.5. The first kappa shape index (κ1) is 25.3. The number of nitrogens with zero attached hydrogens (tertiary/aromatic N) is 2. The lowest BCUT2D eigenvalue weighted by molar-refractivity contribution is -0.133. The average molecular weight is 481 g/mol. The van der Waals surface area contributed by atoms with Gasteiger partial charge in [0, 0.05) is 28.9 Å². The minimum absolute atomic E-state index is 0.000945. The molecule has 0 aliphatic rings. The van der Waals surface area contributed by atoms with Gasteiger partial charge in [0.15, 0.2) is 0 Å². The number of carbonyl (C=O) groups is 2. The highest BCUT2D eigenvalue weighted by Crippen LogP contribution is 2.26. The van der Waals surface area contributed by atoms with E-state index in [4.69, 9.17) is 9.47 Å². The minimum atomic E-state index is -0.235. The van der Waals surface area contributed by atoms with E-state index in [2.05, 4.69) is 19.1 Å². The van der Waals surface area contributed by atoms with Crippen molar-refractivity contribution < 1.29 is 19.1 Å². The summed E-state index contributed by atoms with van der Waals surface area (Å²) in [6, 6.07) is 19.1. The van der Waals surface area contributed by atoms with Gasteiger partial charge >= 0.3 is 0 Å². The van der Waals surface area contributed by atoms with Crippen molar-refractivity contribution in [3.63, 3.8) is 0 Å². The molecule has 1 heterocycles. The van der Waals surface area contributed by atoms with Gasteiger partial charge in [-0.25, -0.2) is 0 Å². The van der Waals surface area contributed by atoms with Gasteiger partial charge in [-0.05, 0) is 43.2 Å². The second kappa shape index (κ2) is 12.2. The van der Waals surface area contributed by atoms with Gasteiger partial charge in [0.25, 0.3) is 5.91 Å². The fraction of sp³-hybridized carbons (Fsp3) is 0.333. The van der Waals surface area contributed by atoms with Crippen molar-refractivity contribution in [3.05, 3.63) is 81.5 Å². The van der Waals surface area contributed by atoms with E-state index in [0.717, 1.165) is 16.9 Å². The third-order valence-electron chi connectivity index (χ3n) is 5.46. The molecule has 34 heavy (non-hydrogen) atoms. The second-order valence-corrected chi connectivity index (χ2v) is 9.41. The van der Waals surface area contributed by atoms with Crippen LogP contribution in [0.2, 0.25) is 0 Å². The van der Waals surface area contributed by atoms with Crippen molar-refractivity contribution in [1.82, 2.24) is 9.80 Å². The van der Waals surface area contributed by atoms with E-state index < -0.39 is 0 Å². The van der Waals surface area contributed by atoms with Crippen LogP contribution >= 0.6 is 11.3 Å². The summed E-state index contributed by atoms with van der Waals surface area (Å²) >= 11 is 1.68. The molecule has 3 rings (SSSR count). The molecule has 0 aliphatic carbocycles. The number of hydrogen-bond acceptors (Lipinski definition) is 5. The molecular weight excluding hydrogens is 448 g/mol. The van der Waals surface area contributed by atoms with E-state index in [1.807, 2.05) is 42.2 Å². The molecule has 2 amide bonds. The monoisotopic (exact) mass is 480 g/mol. The largest absolute Gasteiger partial charge is 0.497 e. The summed E-state index contributed by atoms with van der Waals surface area (Å²) in [5.41, 5.74) is 1.46. The number of rotatable bonds is 11. The summed E-state index contributed by atoms with van der Waals surface area (Å²) in [6.45, 7) is 5.51. The van der Waals surface area contributed by atoms with Crippen molar-refractivity contribution in [2.24, 2.45) is 0 Å². The van der Waals surface area contributed by atoms with E-state index in [9.17, 15) is 9.59 Å². The third-order valence-corrected chi connectivity index (χ3v) is 6.44.